The molecular formula is C17H25N3O3. The number of carbonyl (C=O) groups is 2. The zero-order valence-corrected chi connectivity index (χ0v) is 13.6. The third kappa shape index (κ3) is 6.38. The summed E-state index contributed by atoms with van der Waals surface area (Å²) in [5, 5.41) is 5.77. The monoisotopic (exact) mass is 319 g/mol. The van der Waals surface area contributed by atoms with Crippen LogP contribution in [0.2, 0.25) is 0 Å². The summed E-state index contributed by atoms with van der Waals surface area (Å²) in [5.74, 6) is -0.194. The zero-order chi connectivity index (χ0) is 16.5. The van der Waals surface area contributed by atoms with Crippen molar-refractivity contribution in [3.05, 3.63) is 35.9 Å². The molecule has 0 saturated carbocycles. The Morgan fingerprint density at radius 3 is 2.57 bits per heavy atom. The van der Waals surface area contributed by atoms with Crippen molar-refractivity contribution in [3.8, 4) is 0 Å². The van der Waals surface area contributed by atoms with Crippen LogP contribution >= 0.6 is 0 Å². The molecule has 1 heterocycles. The van der Waals surface area contributed by atoms with E-state index in [0.717, 1.165) is 38.4 Å². The fraction of sp³-hybridized carbons (Fsp3) is 0.529. The number of hydrogen-bond donors (Lipinski definition) is 2. The second kappa shape index (κ2) is 9.27. The van der Waals surface area contributed by atoms with Crippen LogP contribution in [0.1, 0.15) is 24.9 Å². The van der Waals surface area contributed by atoms with Crippen LogP contribution in [-0.4, -0.2) is 56.1 Å². The van der Waals surface area contributed by atoms with Crippen LogP contribution in [0.5, 0.6) is 0 Å². The second-order valence-electron chi connectivity index (χ2n) is 5.67. The van der Waals surface area contributed by atoms with Gasteiger partial charge in [0, 0.05) is 33.1 Å². The van der Waals surface area contributed by atoms with Crippen LogP contribution in [0.4, 0.5) is 0 Å². The van der Waals surface area contributed by atoms with E-state index in [-0.39, 0.29) is 24.3 Å². The Hall–Kier alpha value is -1.92. The lowest BCUT2D eigenvalue weighted by molar-refractivity contribution is -0.122. The first-order chi connectivity index (χ1) is 11.1. The molecule has 0 bridgehead atoms. The minimum Gasteiger partial charge on any atom is -0.379 e. The van der Waals surface area contributed by atoms with E-state index in [9.17, 15) is 9.59 Å². The maximum absolute atomic E-state index is 12.1. The number of ether oxygens (including phenoxy) is 1. The lowest BCUT2D eigenvalue weighted by Gasteiger charge is -2.26. The van der Waals surface area contributed by atoms with Gasteiger partial charge in [0.15, 0.2) is 0 Å². The molecule has 1 saturated heterocycles. The number of nitrogens with zero attached hydrogens (tertiary/aromatic N) is 1. The summed E-state index contributed by atoms with van der Waals surface area (Å²) >= 11 is 0. The zero-order valence-electron chi connectivity index (χ0n) is 13.6. The third-order valence-electron chi connectivity index (χ3n) is 3.82. The lowest BCUT2D eigenvalue weighted by atomic mass is 10.0. The van der Waals surface area contributed by atoms with E-state index in [1.54, 1.807) is 0 Å². The summed E-state index contributed by atoms with van der Waals surface area (Å²) in [6.07, 6.45) is 0.243. The van der Waals surface area contributed by atoms with Crippen molar-refractivity contribution in [1.29, 1.82) is 0 Å². The predicted molar refractivity (Wildman–Crippen MR) is 87.9 cm³/mol. The summed E-state index contributed by atoms with van der Waals surface area (Å²) in [5.41, 5.74) is 0.936. The second-order valence-corrected chi connectivity index (χ2v) is 5.67. The highest BCUT2D eigenvalue weighted by atomic mass is 16.5. The van der Waals surface area contributed by atoms with Gasteiger partial charge in [-0.1, -0.05) is 30.3 Å². The highest BCUT2D eigenvalue weighted by Crippen LogP contribution is 2.16. The van der Waals surface area contributed by atoms with Crippen molar-refractivity contribution in [2.45, 2.75) is 19.4 Å². The van der Waals surface area contributed by atoms with Crippen molar-refractivity contribution in [2.24, 2.45) is 0 Å². The molecule has 6 heteroatoms. The SMILES string of the molecule is CC(=O)NC(CC(=O)NCCN1CCOCC1)c1ccccc1. The van der Waals surface area contributed by atoms with Crippen LogP contribution in [0, 0.1) is 0 Å². The standard InChI is InChI=1S/C17H25N3O3/c1-14(21)19-16(15-5-3-2-4-6-15)13-17(22)18-7-8-20-9-11-23-12-10-20/h2-6,16H,7-13H2,1H3,(H,18,22)(H,19,21). The van der Waals surface area contributed by atoms with E-state index < -0.39 is 0 Å². The molecule has 1 aromatic rings. The number of amides is 2. The molecule has 0 spiro atoms. The molecule has 1 aliphatic rings. The average molecular weight is 319 g/mol. The first-order valence-corrected chi connectivity index (χ1v) is 8.04. The number of rotatable bonds is 7. The van der Waals surface area contributed by atoms with E-state index >= 15 is 0 Å². The van der Waals surface area contributed by atoms with Gasteiger partial charge in [-0.3, -0.25) is 14.5 Å². The van der Waals surface area contributed by atoms with Gasteiger partial charge in [-0.2, -0.15) is 0 Å². The van der Waals surface area contributed by atoms with Crippen molar-refractivity contribution in [3.63, 3.8) is 0 Å². The van der Waals surface area contributed by atoms with E-state index in [1.165, 1.54) is 6.92 Å². The largest absolute Gasteiger partial charge is 0.379 e. The van der Waals surface area contributed by atoms with Gasteiger partial charge in [0.2, 0.25) is 11.8 Å². The Morgan fingerprint density at radius 2 is 1.91 bits per heavy atom. The number of nitrogens with one attached hydrogen (secondary N) is 2. The van der Waals surface area contributed by atoms with Gasteiger partial charge < -0.3 is 15.4 Å². The summed E-state index contributed by atoms with van der Waals surface area (Å²) < 4.78 is 5.30. The maximum Gasteiger partial charge on any atom is 0.222 e. The molecule has 1 unspecified atom stereocenters. The highest BCUT2D eigenvalue weighted by Gasteiger charge is 2.17. The molecular weight excluding hydrogens is 294 g/mol. The number of morpholine rings is 1. The Balaban J connectivity index is 1.79. The van der Waals surface area contributed by atoms with Gasteiger partial charge in [0.1, 0.15) is 0 Å². The van der Waals surface area contributed by atoms with Gasteiger partial charge in [-0.15, -0.1) is 0 Å². The Kier molecular flexibility index (Phi) is 7.03. The Labute approximate surface area is 137 Å². The van der Waals surface area contributed by atoms with Gasteiger partial charge in [0.25, 0.3) is 0 Å². The van der Waals surface area contributed by atoms with Gasteiger partial charge in [-0.25, -0.2) is 0 Å². The summed E-state index contributed by atoms with van der Waals surface area (Å²) in [6, 6.07) is 9.26. The van der Waals surface area contributed by atoms with Crippen LogP contribution in [-0.2, 0) is 14.3 Å². The van der Waals surface area contributed by atoms with Gasteiger partial charge in [-0.05, 0) is 5.56 Å². The van der Waals surface area contributed by atoms with Crippen molar-refractivity contribution in [2.75, 3.05) is 39.4 Å². The van der Waals surface area contributed by atoms with Crippen molar-refractivity contribution in [1.82, 2.24) is 15.5 Å². The molecule has 0 aliphatic carbocycles. The molecule has 2 amide bonds. The third-order valence-corrected chi connectivity index (χ3v) is 3.82. The van der Waals surface area contributed by atoms with Crippen LogP contribution < -0.4 is 10.6 Å². The Bertz CT molecular complexity index is 501. The smallest absolute Gasteiger partial charge is 0.222 e. The molecule has 1 fully saturated rings. The lowest BCUT2D eigenvalue weighted by Crippen LogP contribution is -2.42. The van der Waals surface area contributed by atoms with Crippen molar-refractivity contribution < 1.29 is 14.3 Å². The molecule has 0 radical (unpaired) electrons. The highest BCUT2D eigenvalue weighted by molar-refractivity contribution is 5.79. The number of benzene rings is 1. The topological polar surface area (TPSA) is 70.7 Å². The molecule has 0 aromatic heterocycles. The first-order valence-electron chi connectivity index (χ1n) is 8.04. The Morgan fingerprint density at radius 1 is 1.22 bits per heavy atom. The first kappa shape index (κ1) is 17.4. The molecule has 1 atom stereocenters. The van der Waals surface area contributed by atoms with Crippen LogP contribution in [0.3, 0.4) is 0 Å². The summed E-state index contributed by atoms with van der Waals surface area (Å²) in [6.45, 7) is 6.24. The van der Waals surface area contributed by atoms with E-state index in [0.29, 0.717) is 6.54 Å². The number of hydrogen-bond acceptors (Lipinski definition) is 4. The minimum absolute atomic E-state index is 0.0548. The van der Waals surface area contributed by atoms with E-state index in [1.807, 2.05) is 30.3 Å². The van der Waals surface area contributed by atoms with Gasteiger partial charge >= 0.3 is 0 Å². The normalized spacial score (nSPS) is 16.6. The molecule has 2 N–H and O–H groups in total. The fourth-order valence-corrected chi connectivity index (χ4v) is 2.62. The molecule has 6 nitrogen and oxygen atoms in total. The summed E-state index contributed by atoms with van der Waals surface area (Å²) in [4.78, 5) is 25.8. The quantitative estimate of drug-likeness (QED) is 0.776. The van der Waals surface area contributed by atoms with Crippen LogP contribution in [0.25, 0.3) is 0 Å². The van der Waals surface area contributed by atoms with Crippen molar-refractivity contribution >= 4 is 11.8 Å². The molecule has 1 aliphatic heterocycles. The molecule has 23 heavy (non-hydrogen) atoms. The predicted octanol–water partition coefficient (Wildman–Crippen LogP) is 0.702. The van der Waals surface area contributed by atoms with E-state index in [4.69, 9.17) is 4.74 Å². The number of carbonyl (C=O) groups excluding carboxylic acids is 2. The average Bonchev–Trinajstić information content (AvgIpc) is 2.56. The molecule has 2 rings (SSSR count). The maximum atomic E-state index is 12.1. The minimum atomic E-state index is -0.294. The van der Waals surface area contributed by atoms with E-state index in [2.05, 4.69) is 15.5 Å². The summed E-state index contributed by atoms with van der Waals surface area (Å²) in [7, 11) is 0. The molecule has 126 valence electrons. The fourth-order valence-electron chi connectivity index (χ4n) is 2.62. The van der Waals surface area contributed by atoms with Crippen LogP contribution in [0.15, 0.2) is 30.3 Å². The molecule has 1 aromatic carbocycles. The van der Waals surface area contributed by atoms with Gasteiger partial charge in [0.05, 0.1) is 25.7 Å².